The summed E-state index contributed by atoms with van der Waals surface area (Å²) in [5.74, 6) is -0.236. The summed E-state index contributed by atoms with van der Waals surface area (Å²) in [4.78, 5) is 11.2. The van der Waals surface area contributed by atoms with Crippen LogP contribution in [0.15, 0.2) is 51.4 Å². The molecular weight excluding hydrogens is 395 g/mol. The Morgan fingerprint density at radius 3 is 2.16 bits per heavy atom. The molecule has 98 valence electrons. The van der Waals surface area contributed by atoms with E-state index in [1.807, 2.05) is 42.5 Å². The Kier molecular flexibility index (Phi) is 5.02. The Bertz CT molecular complexity index is 577. The molecule has 0 atom stereocenters. The van der Waals surface area contributed by atoms with Gasteiger partial charge in [0, 0.05) is 0 Å². The predicted octanol–water partition coefficient (Wildman–Crippen LogP) is 5.02. The van der Waals surface area contributed by atoms with Crippen molar-refractivity contribution in [2.75, 3.05) is 5.88 Å². The number of esters is 1. The van der Waals surface area contributed by atoms with Crippen molar-refractivity contribution in [2.45, 2.75) is 0 Å². The maximum absolute atomic E-state index is 11.2. The first-order chi connectivity index (χ1) is 9.11. The van der Waals surface area contributed by atoms with Crippen LogP contribution in [0.4, 0.5) is 0 Å². The summed E-state index contributed by atoms with van der Waals surface area (Å²) >= 11 is 12.2. The second-order valence-corrected chi connectivity index (χ2v) is 5.72. The lowest BCUT2D eigenvalue weighted by Crippen LogP contribution is -2.09. The van der Waals surface area contributed by atoms with Crippen LogP contribution in [0.1, 0.15) is 0 Å². The highest BCUT2D eigenvalue weighted by Gasteiger charge is 2.13. The van der Waals surface area contributed by atoms with Gasteiger partial charge in [0.25, 0.3) is 0 Å². The van der Waals surface area contributed by atoms with Gasteiger partial charge in [0.15, 0.2) is 5.75 Å². The number of rotatable bonds is 3. The lowest BCUT2D eigenvalue weighted by Gasteiger charge is -2.10. The molecule has 0 aliphatic heterocycles. The highest BCUT2D eigenvalue weighted by Crippen LogP contribution is 2.38. The molecule has 0 N–H and O–H groups in total. The fraction of sp³-hybridized carbons (Fsp3) is 0.0714. The first-order valence-corrected chi connectivity index (χ1v) is 7.55. The van der Waals surface area contributed by atoms with Gasteiger partial charge in [-0.1, -0.05) is 30.3 Å². The number of halogens is 3. The van der Waals surface area contributed by atoms with Crippen LogP contribution in [0.3, 0.4) is 0 Å². The number of carbonyl (C=O) groups excluding carboxylic acids is 1. The summed E-state index contributed by atoms with van der Waals surface area (Å²) in [6.07, 6.45) is 0. The van der Waals surface area contributed by atoms with Crippen LogP contribution < -0.4 is 4.74 Å². The van der Waals surface area contributed by atoms with Gasteiger partial charge in [-0.15, -0.1) is 11.6 Å². The van der Waals surface area contributed by atoms with Crippen LogP contribution in [0.25, 0.3) is 11.1 Å². The molecule has 2 rings (SSSR count). The van der Waals surface area contributed by atoms with E-state index in [1.54, 1.807) is 0 Å². The van der Waals surface area contributed by atoms with Crippen molar-refractivity contribution < 1.29 is 9.53 Å². The van der Waals surface area contributed by atoms with Crippen molar-refractivity contribution in [2.24, 2.45) is 0 Å². The van der Waals surface area contributed by atoms with E-state index in [-0.39, 0.29) is 5.88 Å². The molecule has 2 aromatic rings. The van der Waals surface area contributed by atoms with Gasteiger partial charge in [0.05, 0.1) is 8.95 Å². The minimum absolute atomic E-state index is 0.181. The molecule has 0 aliphatic rings. The van der Waals surface area contributed by atoms with Crippen LogP contribution in [-0.2, 0) is 4.79 Å². The van der Waals surface area contributed by atoms with Crippen LogP contribution in [-0.4, -0.2) is 11.8 Å². The highest BCUT2D eigenvalue weighted by molar-refractivity contribution is 9.11. The average molecular weight is 404 g/mol. The van der Waals surface area contributed by atoms with E-state index in [2.05, 4.69) is 31.9 Å². The highest BCUT2D eigenvalue weighted by atomic mass is 79.9. The maximum Gasteiger partial charge on any atom is 0.326 e. The Balaban J connectivity index is 2.40. The number of hydrogen-bond donors (Lipinski definition) is 0. The zero-order valence-electron chi connectivity index (χ0n) is 9.70. The molecule has 0 unspecified atom stereocenters. The lowest BCUT2D eigenvalue weighted by atomic mass is 10.1. The third-order valence-corrected chi connectivity index (χ3v) is 3.83. The molecule has 0 saturated heterocycles. The summed E-state index contributed by atoms with van der Waals surface area (Å²) < 4.78 is 6.54. The number of hydrogen-bond acceptors (Lipinski definition) is 2. The molecule has 0 amide bonds. The van der Waals surface area contributed by atoms with E-state index in [0.29, 0.717) is 14.7 Å². The molecule has 0 heterocycles. The number of benzene rings is 2. The molecule has 0 aromatic heterocycles. The normalized spacial score (nSPS) is 10.3. The third-order valence-electron chi connectivity index (χ3n) is 2.43. The van der Waals surface area contributed by atoms with E-state index < -0.39 is 5.97 Å². The van der Waals surface area contributed by atoms with Crippen LogP contribution in [0.5, 0.6) is 5.75 Å². The van der Waals surface area contributed by atoms with Crippen LogP contribution >= 0.6 is 43.5 Å². The summed E-state index contributed by atoms with van der Waals surface area (Å²) in [7, 11) is 0. The maximum atomic E-state index is 11.2. The molecular formula is C14H9Br2ClO2. The van der Waals surface area contributed by atoms with Gasteiger partial charge in [-0.2, -0.15) is 0 Å². The standard InChI is InChI=1S/C14H9Br2ClO2/c15-11-6-10(9-4-2-1-3-5-9)7-12(16)14(11)19-13(18)8-17/h1-7H,8H2. The number of alkyl halides is 1. The Labute approximate surface area is 133 Å². The number of carbonyl (C=O) groups is 1. The minimum Gasteiger partial charge on any atom is -0.423 e. The quantitative estimate of drug-likeness (QED) is 0.408. The van der Waals surface area contributed by atoms with E-state index in [4.69, 9.17) is 16.3 Å². The fourth-order valence-electron chi connectivity index (χ4n) is 1.60. The summed E-state index contributed by atoms with van der Waals surface area (Å²) in [6.45, 7) is 0. The molecule has 0 bridgehead atoms. The SMILES string of the molecule is O=C(CCl)Oc1c(Br)cc(-c2ccccc2)cc1Br. The molecule has 5 heteroatoms. The summed E-state index contributed by atoms with van der Waals surface area (Å²) in [6, 6.07) is 13.7. The first-order valence-electron chi connectivity index (χ1n) is 5.43. The van der Waals surface area contributed by atoms with Crippen molar-refractivity contribution in [3.05, 3.63) is 51.4 Å². The van der Waals surface area contributed by atoms with E-state index in [9.17, 15) is 4.79 Å². The topological polar surface area (TPSA) is 26.3 Å². The van der Waals surface area contributed by atoms with Gasteiger partial charge in [-0.25, -0.2) is 0 Å². The minimum atomic E-state index is -0.490. The molecule has 2 nitrogen and oxygen atoms in total. The van der Waals surface area contributed by atoms with Crippen LogP contribution in [0.2, 0.25) is 0 Å². The van der Waals surface area contributed by atoms with Gasteiger partial charge >= 0.3 is 5.97 Å². The predicted molar refractivity (Wildman–Crippen MR) is 83.6 cm³/mol. The van der Waals surface area contributed by atoms with Crippen molar-refractivity contribution in [1.82, 2.24) is 0 Å². The smallest absolute Gasteiger partial charge is 0.326 e. The monoisotopic (exact) mass is 402 g/mol. The third kappa shape index (κ3) is 3.59. The summed E-state index contributed by atoms with van der Waals surface area (Å²) in [5.41, 5.74) is 2.10. The van der Waals surface area contributed by atoms with E-state index in [0.717, 1.165) is 11.1 Å². The fourth-order valence-corrected chi connectivity index (χ4v) is 3.00. The molecule has 2 aromatic carbocycles. The second kappa shape index (κ2) is 6.55. The molecule has 0 aliphatic carbocycles. The van der Waals surface area contributed by atoms with Crippen molar-refractivity contribution in [3.63, 3.8) is 0 Å². The first kappa shape index (κ1) is 14.6. The van der Waals surface area contributed by atoms with Gasteiger partial charge in [0.2, 0.25) is 0 Å². The average Bonchev–Trinajstić information content (AvgIpc) is 2.43. The zero-order valence-corrected chi connectivity index (χ0v) is 13.6. The Morgan fingerprint density at radius 1 is 1.05 bits per heavy atom. The molecule has 0 radical (unpaired) electrons. The Hall–Kier alpha value is -0.840. The van der Waals surface area contributed by atoms with Crippen molar-refractivity contribution in [3.8, 4) is 16.9 Å². The van der Waals surface area contributed by atoms with Gasteiger partial charge in [-0.05, 0) is 55.1 Å². The zero-order chi connectivity index (χ0) is 13.8. The second-order valence-electron chi connectivity index (χ2n) is 3.74. The Morgan fingerprint density at radius 2 is 1.63 bits per heavy atom. The van der Waals surface area contributed by atoms with E-state index >= 15 is 0 Å². The molecule has 19 heavy (non-hydrogen) atoms. The molecule has 0 saturated carbocycles. The van der Waals surface area contributed by atoms with Gasteiger partial charge < -0.3 is 4.74 Å². The summed E-state index contributed by atoms with van der Waals surface area (Å²) in [5, 5.41) is 0. The van der Waals surface area contributed by atoms with E-state index in [1.165, 1.54) is 0 Å². The van der Waals surface area contributed by atoms with Gasteiger partial charge in [-0.3, -0.25) is 4.79 Å². The number of ether oxygens (including phenoxy) is 1. The largest absolute Gasteiger partial charge is 0.423 e. The van der Waals surface area contributed by atoms with Crippen molar-refractivity contribution >= 4 is 49.4 Å². The van der Waals surface area contributed by atoms with Crippen molar-refractivity contribution in [1.29, 1.82) is 0 Å². The molecule has 0 fully saturated rings. The van der Waals surface area contributed by atoms with Gasteiger partial charge in [0.1, 0.15) is 5.88 Å². The molecule has 0 spiro atoms. The lowest BCUT2D eigenvalue weighted by molar-refractivity contribution is -0.131. The van der Waals surface area contributed by atoms with Crippen LogP contribution in [0, 0.1) is 0 Å².